The Kier molecular flexibility index (Phi) is 6.07. The number of para-hydroxylation sites is 2. The molecule has 1 atom stereocenters. The van der Waals surface area contributed by atoms with Gasteiger partial charge in [-0.05, 0) is 36.4 Å². The van der Waals surface area contributed by atoms with Gasteiger partial charge in [-0.15, -0.1) is 0 Å². The first-order valence-electron chi connectivity index (χ1n) is 9.91. The van der Waals surface area contributed by atoms with Crippen molar-refractivity contribution in [2.24, 2.45) is 0 Å². The molecule has 0 radical (unpaired) electrons. The third-order valence-electron chi connectivity index (χ3n) is 5.42. The van der Waals surface area contributed by atoms with Crippen LogP contribution in [0.25, 0.3) is 5.76 Å². The van der Waals surface area contributed by atoms with Crippen LogP contribution >= 0.6 is 11.6 Å². The second kappa shape index (κ2) is 8.96. The summed E-state index contributed by atoms with van der Waals surface area (Å²) < 4.78 is 24.6. The summed E-state index contributed by atoms with van der Waals surface area (Å²) in [7, 11) is 2.89. The predicted octanol–water partition coefficient (Wildman–Crippen LogP) is 5.12. The Bertz CT molecular complexity index is 1290. The molecule has 168 valence electrons. The van der Waals surface area contributed by atoms with Gasteiger partial charge in [-0.3, -0.25) is 14.5 Å². The molecule has 3 aromatic rings. The molecule has 0 bridgehead atoms. The SMILES string of the molecule is COc1ccccc1/C(O)=C1\C(=O)C(=O)N(c2ccc(F)c(Cl)c2)C1c1ccccc1OC. The lowest BCUT2D eigenvalue weighted by Gasteiger charge is -2.27. The quantitative estimate of drug-likeness (QED) is 0.320. The Morgan fingerprint density at radius 1 is 0.970 bits per heavy atom. The van der Waals surface area contributed by atoms with E-state index in [-0.39, 0.29) is 21.8 Å². The molecule has 0 spiro atoms. The number of aliphatic hydroxyl groups excluding tert-OH is 1. The molecule has 0 aliphatic carbocycles. The summed E-state index contributed by atoms with van der Waals surface area (Å²) in [5.74, 6) is -2.16. The number of aliphatic hydroxyl groups is 1. The molecule has 1 unspecified atom stereocenters. The summed E-state index contributed by atoms with van der Waals surface area (Å²) in [4.78, 5) is 27.6. The van der Waals surface area contributed by atoms with Crippen molar-refractivity contribution in [1.82, 2.24) is 0 Å². The fourth-order valence-electron chi connectivity index (χ4n) is 3.91. The van der Waals surface area contributed by atoms with Crippen molar-refractivity contribution >= 4 is 34.7 Å². The molecule has 3 aromatic carbocycles. The zero-order chi connectivity index (χ0) is 23.7. The number of Topliss-reactive ketones (excluding diaryl/α,β-unsaturated/α-hetero) is 1. The highest BCUT2D eigenvalue weighted by Gasteiger charge is 2.48. The maximum atomic E-state index is 13.8. The Hall–Kier alpha value is -3.84. The molecule has 1 heterocycles. The van der Waals surface area contributed by atoms with Gasteiger partial charge in [-0.25, -0.2) is 4.39 Å². The first-order valence-corrected chi connectivity index (χ1v) is 10.3. The lowest BCUT2D eigenvalue weighted by molar-refractivity contribution is -0.132. The number of ether oxygens (including phenoxy) is 2. The second-order valence-corrected chi connectivity index (χ2v) is 7.62. The third kappa shape index (κ3) is 3.81. The number of carbonyl (C=O) groups is 2. The Balaban J connectivity index is 2.02. The molecule has 1 saturated heterocycles. The maximum absolute atomic E-state index is 13.8. The predicted molar refractivity (Wildman–Crippen MR) is 122 cm³/mol. The molecule has 8 heteroatoms. The zero-order valence-corrected chi connectivity index (χ0v) is 18.5. The zero-order valence-electron chi connectivity index (χ0n) is 17.7. The fourth-order valence-corrected chi connectivity index (χ4v) is 4.08. The van der Waals surface area contributed by atoms with Crippen molar-refractivity contribution in [3.63, 3.8) is 0 Å². The summed E-state index contributed by atoms with van der Waals surface area (Å²) in [6, 6.07) is 16.1. The third-order valence-corrected chi connectivity index (χ3v) is 5.71. The minimum atomic E-state index is -1.06. The molecule has 0 aromatic heterocycles. The molecule has 33 heavy (non-hydrogen) atoms. The van der Waals surface area contributed by atoms with Gasteiger partial charge in [0.25, 0.3) is 11.7 Å². The average molecular weight is 468 g/mol. The van der Waals surface area contributed by atoms with Crippen molar-refractivity contribution < 1.29 is 28.6 Å². The monoisotopic (exact) mass is 467 g/mol. The summed E-state index contributed by atoms with van der Waals surface area (Å²) in [5.41, 5.74) is 0.735. The van der Waals surface area contributed by atoms with Crippen LogP contribution in [-0.4, -0.2) is 31.0 Å². The van der Waals surface area contributed by atoms with Gasteiger partial charge in [0.2, 0.25) is 0 Å². The highest BCUT2D eigenvalue weighted by Crippen LogP contribution is 2.46. The molecular weight excluding hydrogens is 449 g/mol. The maximum Gasteiger partial charge on any atom is 0.300 e. The molecule has 1 fully saturated rings. The average Bonchev–Trinajstić information content (AvgIpc) is 3.10. The van der Waals surface area contributed by atoms with E-state index in [1.165, 1.54) is 31.3 Å². The molecule has 1 N–H and O–H groups in total. The summed E-state index contributed by atoms with van der Waals surface area (Å²) in [6.45, 7) is 0. The molecule has 0 saturated carbocycles. The normalized spacial score (nSPS) is 17.3. The lowest BCUT2D eigenvalue weighted by atomic mass is 9.94. The standard InChI is InChI=1S/C25H19ClFNO5/c1-32-19-9-5-3-7-15(19)22-21(23(29)16-8-4-6-10-20(16)33-2)24(30)25(31)28(22)14-11-12-18(27)17(26)13-14/h3-13,22,29H,1-2H3/b23-21+. The van der Waals surface area contributed by atoms with E-state index in [0.717, 1.165) is 6.07 Å². The number of ketones is 1. The topological polar surface area (TPSA) is 76.1 Å². The van der Waals surface area contributed by atoms with E-state index in [1.54, 1.807) is 48.5 Å². The van der Waals surface area contributed by atoms with E-state index in [9.17, 15) is 19.1 Å². The van der Waals surface area contributed by atoms with E-state index in [4.69, 9.17) is 21.1 Å². The number of methoxy groups -OCH3 is 2. The smallest absolute Gasteiger partial charge is 0.300 e. The van der Waals surface area contributed by atoms with E-state index >= 15 is 0 Å². The van der Waals surface area contributed by atoms with Crippen LogP contribution < -0.4 is 14.4 Å². The van der Waals surface area contributed by atoms with E-state index in [1.807, 2.05) is 0 Å². The number of hydrogen-bond acceptors (Lipinski definition) is 5. The van der Waals surface area contributed by atoms with Crippen LogP contribution in [-0.2, 0) is 9.59 Å². The number of rotatable bonds is 5. The van der Waals surface area contributed by atoms with Crippen molar-refractivity contribution in [3.8, 4) is 11.5 Å². The molecule has 1 amide bonds. The van der Waals surface area contributed by atoms with Gasteiger partial charge in [-0.1, -0.05) is 41.9 Å². The number of benzene rings is 3. The first kappa shape index (κ1) is 22.4. The van der Waals surface area contributed by atoms with Crippen molar-refractivity contribution in [1.29, 1.82) is 0 Å². The number of halogens is 2. The first-order chi connectivity index (χ1) is 15.9. The fraction of sp³-hybridized carbons (Fsp3) is 0.120. The molecular formula is C25H19ClFNO5. The van der Waals surface area contributed by atoms with Gasteiger partial charge in [0.15, 0.2) is 0 Å². The lowest BCUT2D eigenvalue weighted by Crippen LogP contribution is -2.29. The number of hydrogen-bond donors (Lipinski definition) is 1. The van der Waals surface area contributed by atoms with Gasteiger partial charge < -0.3 is 14.6 Å². The van der Waals surface area contributed by atoms with Crippen LogP contribution in [0.4, 0.5) is 10.1 Å². The van der Waals surface area contributed by atoms with Crippen molar-refractivity contribution in [2.75, 3.05) is 19.1 Å². The minimum absolute atomic E-state index is 0.158. The van der Waals surface area contributed by atoms with Gasteiger partial charge >= 0.3 is 0 Å². The Morgan fingerprint density at radius 2 is 1.61 bits per heavy atom. The largest absolute Gasteiger partial charge is 0.507 e. The van der Waals surface area contributed by atoms with Gasteiger partial charge in [0.1, 0.15) is 23.1 Å². The molecule has 4 rings (SSSR count). The van der Waals surface area contributed by atoms with Gasteiger partial charge in [0.05, 0.1) is 36.4 Å². The molecule has 1 aliphatic rings. The summed E-state index contributed by atoms with van der Waals surface area (Å²) in [6.07, 6.45) is 0. The minimum Gasteiger partial charge on any atom is -0.507 e. The van der Waals surface area contributed by atoms with Gasteiger partial charge in [0, 0.05) is 11.3 Å². The number of nitrogens with zero attached hydrogens (tertiary/aromatic N) is 1. The van der Waals surface area contributed by atoms with E-state index in [0.29, 0.717) is 17.1 Å². The van der Waals surface area contributed by atoms with Crippen LogP contribution in [0.15, 0.2) is 72.3 Å². The number of amides is 1. The van der Waals surface area contributed by atoms with Gasteiger partial charge in [-0.2, -0.15) is 0 Å². The van der Waals surface area contributed by atoms with Crippen LogP contribution in [0.5, 0.6) is 11.5 Å². The Morgan fingerprint density at radius 3 is 2.27 bits per heavy atom. The summed E-state index contributed by atoms with van der Waals surface area (Å²) in [5, 5.41) is 11.0. The van der Waals surface area contributed by atoms with Crippen LogP contribution in [0.2, 0.25) is 5.02 Å². The number of carbonyl (C=O) groups excluding carboxylic acids is 2. The van der Waals surface area contributed by atoms with Crippen molar-refractivity contribution in [3.05, 3.63) is 94.3 Å². The van der Waals surface area contributed by atoms with E-state index < -0.39 is 29.3 Å². The van der Waals surface area contributed by atoms with E-state index in [2.05, 4.69) is 0 Å². The van der Waals surface area contributed by atoms with Crippen molar-refractivity contribution in [2.45, 2.75) is 6.04 Å². The highest BCUT2D eigenvalue weighted by molar-refractivity contribution is 6.52. The molecule has 1 aliphatic heterocycles. The van der Waals surface area contributed by atoms with Crippen LogP contribution in [0.3, 0.4) is 0 Å². The second-order valence-electron chi connectivity index (χ2n) is 7.21. The van der Waals surface area contributed by atoms with Crippen LogP contribution in [0, 0.1) is 5.82 Å². The van der Waals surface area contributed by atoms with Crippen LogP contribution in [0.1, 0.15) is 17.2 Å². The Labute approximate surface area is 194 Å². The molecule has 6 nitrogen and oxygen atoms in total. The highest BCUT2D eigenvalue weighted by atomic mass is 35.5. The number of anilines is 1. The summed E-state index contributed by atoms with van der Waals surface area (Å²) >= 11 is 5.96.